The van der Waals surface area contributed by atoms with E-state index in [-0.39, 0.29) is 0 Å². The lowest BCUT2D eigenvalue weighted by Gasteiger charge is -2.00. The summed E-state index contributed by atoms with van der Waals surface area (Å²) < 4.78 is 4.97. The van der Waals surface area contributed by atoms with Crippen molar-refractivity contribution < 1.29 is 4.74 Å². The van der Waals surface area contributed by atoms with Crippen LogP contribution in [-0.2, 0) is 11.2 Å². The van der Waals surface area contributed by atoms with Gasteiger partial charge < -0.3 is 4.74 Å². The van der Waals surface area contributed by atoms with Crippen LogP contribution in [0.5, 0.6) is 0 Å². The smallest absolute Gasteiger partial charge is 0.0465 e. The Balaban J connectivity index is 2.37. The van der Waals surface area contributed by atoms with Crippen molar-refractivity contribution in [2.24, 2.45) is 0 Å². The molecule has 0 radical (unpaired) electrons. The van der Waals surface area contributed by atoms with Crippen LogP contribution >= 0.6 is 0 Å². The van der Waals surface area contributed by atoms with E-state index in [0.717, 1.165) is 25.1 Å². The molecule has 0 aromatic carbocycles. The van der Waals surface area contributed by atoms with Crippen molar-refractivity contribution in [1.29, 1.82) is 0 Å². The Hall–Kier alpha value is -0.890. The highest BCUT2D eigenvalue weighted by Crippen LogP contribution is 2.02. The molecule has 0 atom stereocenters. The van der Waals surface area contributed by atoms with E-state index in [1.165, 1.54) is 5.56 Å². The second-order valence-corrected chi connectivity index (χ2v) is 2.90. The van der Waals surface area contributed by atoms with Crippen LogP contribution in [0.25, 0.3) is 0 Å². The number of ether oxygens (including phenoxy) is 1. The van der Waals surface area contributed by atoms with Gasteiger partial charge in [0.2, 0.25) is 0 Å². The molecule has 0 saturated heterocycles. The fourth-order valence-corrected chi connectivity index (χ4v) is 1.07. The highest BCUT2D eigenvalue weighted by atomic mass is 16.5. The van der Waals surface area contributed by atoms with Gasteiger partial charge in [0.1, 0.15) is 0 Å². The number of rotatable bonds is 4. The number of aryl methyl sites for hydroxylation is 2. The summed E-state index contributed by atoms with van der Waals surface area (Å²) in [6.07, 6.45) is 4.06. The van der Waals surface area contributed by atoms with Gasteiger partial charge in [0.15, 0.2) is 0 Å². The summed E-state index contributed by atoms with van der Waals surface area (Å²) in [5.41, 5.74) is 2.36. The third-order valence-corrected chi connectivity index (χ3v) is 1.79. The molecule has 0 fully saturated rings. The van der Waals surface area contributed by atoms with Gasteiger partial charge in [0.05, 0.1) is 0 Å². The molecule has 66 valence electrons. The zero-order chi connectivity index (χ0) is 8.81. The molecule has 0 saturated carbocycles. The van der Waals surface area contributed by atoms with Gasteiger partial charge in [-0.1, -0.05) is 6.07 Å². The Morgan fingerprint density at radius 1 is 1.42 bits per heavy atom. The monoisotopic (exact) mass is 165 g/mol. The number of hydrogen-bond donors (Lipinski definition) is 0. The summed E-state index contributed by atoms with van der Waals surface area (Å²) in [5.74, 6) is 0. The number of aromatic nitrogens is 1. The summed E-state index contributed by atoms with van der Waals surface area (Å²) >= 11 is 0. The Bertz CT molecular complexity index is 218. The average Bonchev–Trinajstić information content (AvgIpc) is 2.09. The lowest BCUT2D eigenvalue weighted by molar-refractivity contribution is 0.195. The van der Waals surface area contributed by atoms with Crippen molar-refractivity contribution in [3.05, 3.63) is 29.6 Å². The van der Waals surface area contributed by atoms with Crippen LogP contribution in [0.15, 0.2) is 18.3 Å². The number of methoxy groups -OCH3 is 1. The van der Waals surface area contributed by atoms with E-state index in [1.54, 1.807) is 7.11 Å². The van der Waals surface area contributed by atoms with Gasteiger partial charge in [-0.05, 0) is 31.4 Å². The number of hydrogen-bond acceptors (Lipinski definition) is 2. The van der Waals surface area contributed by atoms with Gasteiger partial charge in [0.25, 0.3) is 0 Å². The van der Waals surface area contributed by atoms with E-state index >= 15 is 0 Å². The molecule has 0 aliphatic rings. The largest absolute Gasteiger partial charge is 0.385 e. The van der Waals surface area contributed by atoms with Gasteiger partial charge >= 0.3 is 0 Å². The second-order valence-electron chi connectivity index (χ2n) is 2.90. The molecular weight excluding hydrogens is 150 g/mol. The molecule has 12 heavy (non-hydrogen) atoms. The van der Waals surface area contributed by atoms with E-state index in [4.69, 9.17) is 4.74 Å². The Labute approximate surface area is 73.6 Å². The van der Waals surface area contributed by atoms with E-state index in [1.807, 2.05) is 19.2 Å². The van der Waals surface area contributed by atoms with Crippen LogP contribution in [0.1, 0.15) is 17.7 Å². The standard InChI is InChI=1S/C10H15NO/c1-9-5-6-10(8-11-9)4-3-7-12-2/h5-6,8H,3-4,7H2,1-2H3. The first-order chi connectivity index (χ1) is 5.83. The molecule has 1 aromatic heterocycles. The molecule has 1 rings (SSSR count). The lowest BCUT2D eigenvalue weighted by Crippen LogP contribution is -1.93. The molecule has 0 amide bonds. The van der Waals surface area contributed by atoms with Gasteiger partial charge in [0, 0.05) is 25.6 Å². The zero-order valence-corrected chi connectivity index (χ0v) is 7.71. The quantitative estimate of drug-likeness (QED) is 0.636. The Morgan fingerprint density at radius 2 is 2.25 bits per heavy atom. The molecule has 0 unspecified atom stereocenters. The Morgan fingerprint density at radius 3 is 2.83 bits per heavy atom. The molecule has 0 N–H and O–H groups in total. The van der Waals surface area contributed by atoms with Crippen molar-refractivity contribution in [3.63, 3.8) is 0 Å². The van der Waals surface area contributed by atoms with Gasteiger partial charge in [-0.2, -0.15) is 0 Å². The maximum atomic E-state index is 4.97. The minimum atomic E-state index is 0.827. The summed E-state index contributed by atoms with van der Waals surface area (Å²) in [6.45, 7) is 2.83. The minimum Gasteiger partial charge on any atom is -0.385 e. The van der Waals surface area contributed by atoms with Crippen LogP contribution in [0.3, 0.4) is 0 Å². The predicted molar refractivity (Wildman–Crippen MR) is 49.2 cm³/mol. The zero-order valence-electron chi connectivity index (χ0n) is 7.71. The van der Waals surface area contributed by atoms with Gasteiger partial charge in [-0.15, -0.1) is 0 Å². The van der Waals surface area contributed by atoms with Crippen LogP contribution in [-0.4, -0.2) is 18.7 Å². The first-order valence-corrected chi connectivity index (χ1v) is 4.23. The number of pyridine rings is 1. The minimum absolute atomic E-state index is 0.827. The molecule has 0 bridgehead atoms. The normalized spacial score (nSPS) is 10.2. The van der Waals surface area contributed by atoms with Crippen molar-refractivity contribution in [1.82, 2.24) is 4.98 Å². The topological polar surface area (TPSA) is 22.1 Å². The predicted octanol–water partition coefficient (Wildman–Crippen LogP) is 1.97. The SMILES string of the molecule is COCCCc1ccc(C)nc1. The molecular formula is C10H15NO. The molecule has 0 spiro atoms. The van der Waals surface area contributed by atoms with E-state index in [0.29, 0.717) is 0 Å². The van der Waals surface area contributed by atoms with E-state index in [2.05, 4.69) is 11.1 Å². The maximum absolute atomic E-state index is 4.97. The summed E-state index contributed by atoms with van der Waals surface area (Å²) in [5, 5.41) is 0. The van der Waals surface area contributed by atoms with E-state index < -0.39 is 0 Å². The molecule has 0 aliphatic carbocycles. The van der Waals surface area contributed by atoms with Crippen molar-refractivity contribution in [2.75, 3.05) is 13.7 Å². The number of nitrogens with zero attached hydrogens (tertiary/aromatic N) is 1. The summed E-state index contributed by atoms with van der Waals surface area (Å²) in [7, 11) is 1.73. The Kier molecular flexibility index (Phi) is 3.74. The van der Waals surface area contributed by atoms with Crippen LogP contribution in [0, 0.1) is 6.92 Å². The van der Waals surface area contributed by atoms with Crippen LogP contribution < -0.4 is 0 Å². The first kappa shape index (κ1) is 9.20. The highest BCUT2D eigenvalue weighted by Gasteiger charge is 1.92. The van der Waals surface area contributed by atoms with Gasteiger partial charge in [-0.3, -0.25) is 4.98 Å². The molecule has 2 nitrogen and oxygen atoms in total. The molecule has 1 aromatic rings. The third kappa shape index (κ3) is 3.01. The maximum Gasteiger partial charge on any atom is 0.0465 e. The summed E-state index contributed by atoms with van der Waals surface area (Å²) in [6, 6.07) is 4.17. The summed E-state index contributed by atoms with van der Waals surface area (Å²) in [4.78, 5) is 4.22. The van der Waals surface area contributed by atoms with Crippen molar-refractivity contribution >= 4 is 0 Å². The van der Waals surface area contributed by atoms with E-state index in [9.17, 15) is 0 Å². The highest BCUT2D eigenvalue weighted by molar-refractivity contribution is 5.12. The molecule has 0 aliphatic heterocycles. The van der Waals surface area contributed by atoms with Crippen molar-refractivity contribution in [2.45, 2.75) is 19.8 Å². The second kappa shape index (κ2) is 4.88. The molecule has 2 heteroatoms. The van der Waals surface area contributed by atoms with Crippen LogP contribution in [0.4, 0.5) is 0 Å². The lowest BCUT2D eigenvalue weighted by atomic mass is 10.1. The first-order valence-electron chi connectivity index (χ1n) is 4.23. The fraction of sp³-hybridized carbons (Fsp3) is 0.500. The molecule has 1 heterocycles. The fourth-order valence-electron chi connectivity index (χ4n) is 1.07. The third-order valence-electron chi connectivity index (χ3n) is 1.79. The van der Waals surface area contributed by atoms with Crippen LogP contribution in [0.2, 0.25) is 0 Å². The average molecular weight is 165 g/mol. The van der Waals surface area contributed by atoms with Gasteiger partial charge in [-0.25, -0.2) is 0 Å². The van der Waals surface area contributed by atoms with Crippen molar-refractivity contribution in [3.8, 4) is 0 Å².